The lowest BCUT2D eigenvalue weighted by atomic mass is 9.63. The Morgan fingerprint density at radius 3 is 2.25 bits per heavy atom. The summed E-state index contributed by atoms with van der Waals surface area (Å²) < 4.78 is 0. The van der Waals surface area contributed by atoms with Gasteiger partial charge in [-0.2, -0.15) is 5.26 Å². The van der Waals surface area contributed by atoms with Gasteiger partial charge in [0.05, 0.1) is 18.7 Å². The number of piperidine rings is 1. The van der Waals surface area contributed by atoms with E-state index in [-0.39, 0.29) is 23.8 Å². The van der Waals surface area contributed by atoms with Crippen LogP contribution >= 0.6 is 23.2 Å². The largest absolute Gasteiger partial charge is 0.480 e. The molecule has 4 rings (SSSR count). The summed E-state index contributed by atoms with van der Waals surface area (Å²) in [6, 6.07) is 14.6. The molecule has 2 aromatic carbocycles. The van der Waals surface area contributed by atoms with Gasteiger partial charge in [-0.1, -0.05) is 68.2 Å². The fourth-order valence-corrected chi connectivity index (χ4v) is 7.44. The second-order valence-corrected chi connectivity index (χ2v) is 14.0. The maximum atomic E-state index is 13.5. The zero-order valence-electron chi connectivity index (χ0n) is 25.6. The number of likely N-dealkylation sites (tertiary alicyclic amines) is 2. The molecule has 1 unspecified atom stereocenters. The number of nitriles is 1. The van der Waals surface area contributed by atoms with E-state index in [0.29, 0.717) is 53.5 Å². The first kappa shape index (κ1) is 33.7. The molecule has 0 saturated carbocycles. The van der Waals surface area contributed by atoms with Crippen molar-refractivity contribution < 1.29 is 19.5 Å². The van der Waals surface area contributed by atoms with Crippen LogP contribution in [0.3, 0.4) is 0 Å². The van der Waals surface area contributed by atoms with Gasteiger partial charge in [0.15, 0.2) is 0 Å². The minimum Gasteiger partial charge on any atom is -0.480 e. The number of nitrogens with two attached hydrogens (primary N) is 1. The molecule has 2 heterocycles. The molecule has 0 radical (unpaired) electrons. The monoisotopic (exact) mass is 641 g/mol. The predicted octanol–water partition coefficient (Wildman–Crippen LogP) is 4.91. The molecule has 236 valence electrons. The minimum absolute atomic E-state index is 0.000932. The van der Waals surface area contributed by atoms with Crippen LogP contribution in [-0.2, 0) is 19.8 Å². The molecule has 0 bridgehead atoms. The Bertz CT molecular complexity index is 1410. The first-order valence-electron chi connectivity index (χ1n) is 14.9. The van der Waals surface area contributed by atoms with Crippen LogP contribution < -0.4 is 11.1 Å². The summed E-state index contributed by atoms with van der Waals surface area (Å²) in [5, 5.41) is 26.8. The number of carboxylic acids is 1. The van der Waals surface area contributed by atoms with E-state index in [0.717, 1.165) is 0 Å². The third-order valence-corrected chi connectivity index (χ3v) is 9.40. The van der Waals surface area contributed by atoms with E-state index in [1.54, 1.807) is 53.4 Å². The van der Waals surface area contributed by atoms with Crippen LogP contribution in [0.15, 0.2) is 48.5 Å². The van der Waals surface area contributed by atoms with Crippen LogP contribution in [0.5, 0.6) is 0 Å². The van der Waals surface area contributed by atoms with Crippen molar-refractivity contribution in [3.8, 4) is 6.07 Å². The summed E-state index contributed by atoms with van der Waals surface area (Å²) in [5.74, 6) is -2.59. The first-order valence-corrected chi connectivity index (χ1v) is 15.7. The molecule has 0 aromatic heterocycles. The maximum absolute atomic E-state index is 13.5. The van der Waals surface area contributed by atoms with Gasteiger partial charge in [0.25, 0.3) is 0 Å². The number of aliphatic carboxylic acids is 1. The van der Waals surface area contributed by atoms with Gasteiger partial charge in [-0.25, -0.2) is 0 Å². The number of benzene rings is 2. The lowest BCUT2D eigenvalue weighted by molar-refractivity contribution is -0.145. The Morgan fingerprint density at radius 2 is 1.75 bits per heavy atom. The van der Waals surface area contributed by atoms with Crippen molar-refractivity contribution in [2.45, 2.75) is 89.0 Å². The highest BCUT2D eigenvalue weighted by Gasteiger charge is 2.65. The van der Waals surface area contributed by atoms with Crippen molar-refractivity contribution in [3.05, 3.63) is 69.7 Å². The number of halogens is 2. The summed E-state index contributed by atoms with van der Waals surface area (Å²) in [5.41, 5.74) is 5.34. The molecule has 2 aliphatic heterocycles. The van der Waals surface area contributed by atoms with Gasteiger partial charge >= 0.3 is 5.97 Å². The van der Waals surface area contributed by atoms with Crippen molar-refractivity contribution in [2.24, 2.45) is 11.1 Å². The van der Waals surface area contributed by atoms with Crippen molar-refractivity contribution >= 4 is 41.0 Å². The fourth-order valence-electron chi connectivity index (χ4n) is 7.11. The molecular weight excluding hydrogens is 601 g/mol. The van der Waals surface area contributed by atoms with Crippen LogP contribution in [0.1, 0.15) is 70.4 Å². The fraction of sp³-hybridized carbons (Fsp3) is 0.515. The number of rotatable bonds is 9. The number of carbonyl (C=O) groups is 3. The van der Waals surface area contributed by atoms with Gasteiger partial charge in [0, 0.05) is 48.1 Å². The van der Waals surface area contributed by atoms with Gasteiger partial charge in [-0.15, -0.1) is 0 Å². The number of hydrogen-bond donors (Lipinski definition) is 3. The molecule has 11 heteroatoms. The maximum Gasteiger partial charge on any atom is 0.321 e. The zero-order valence-corrected chi connectivity index (χ0v) is 27.1. The number of carboxylic acid groups (broad SMARTS) is 1. The molecule has 0 spiro atoms. The third kappa shape index (κ3) is 7.05. The molecule has 2 aromatic rings. The Balaban J connectivity index is 1.96. The van der Waals surface area contributed by atoms with Gasteiger partial charge < -0.3 is 15.7 Å². The Morgan fingerprint density at radius 1 is 1.11 bits per heavy atom. The number of nitrogens with zero attached hydrogens (tertiary/aromatic N) is 3. The predicted molar refractivity (Wildman–Crippen MR) is 170 cm³/mol. The average Bonchev–Trinajstić information content (AvgIpc) is 3.23. The van der Waals surface area contributed by atoms with Crippen LogP contribution in [0.25, 0.3) is 0 Å². The van der Waals surface area contributed by atoms with E-state index >= 15 is 0 Å². The highest BCUT2D eigenvalue weighted by molar-refractivity contribution is 6.30. The van der Waals surface area contributed by atoms with Crippen molar-refractivity contribution in [1.29, 1.82) is 5.26 Å². The van der Waals surface area contributed by atoms with E-state index < -0.39 is 41.5 Å². The smallest absolute Gasteiger partial charge is 0.321 e. The van der Waals surface area contributed by atoms with E-state index in [9.17, 15) is 24.8 Å². The Labute approximate surface area is 269 Å². The first-order chi connectivity index (χ1) is 20.7. The SMILES string of the molecule is CC(=O)N1CCC(NC(CC(N)=O)N2[C@@H](CC(C)(C)C)[C@](C#N)(c3ccc(Cl)cc3)[C@@H](c3cccc(Cl)c3)[C@@H]2C(=O)O)CC1. The van der Waals surface area contributed by atoms with Crippen molar-refractivity contribution in [1.82, 2.24) is 15.1 Å². The topological polar surface area (TPSA) is 140 Å². The molecule has 44 heavy (non-hydrogen) atoms. The van der Waals surface area contributed by atoms with Gasteiger partial charge in [-0.3, -0.25) is 24.6 Å². The summed E-state index contributed by atoms with van der Waals surface area (Å²) in [4.78, 5) is 41.6. The molecule has 2 amide bonds. The van der Waals surface area contributed by atoms with Gasteiger partial charge in [0.2, 0.25) is 11.8 Å². The zero-order chi connectivity index (χ0) is 32.4. The quantitative estimate of drug-likeness (QED) is 0.353. The number of hydrogen-bond acceptors (Lipinski definition) is 6. The summed E-state index contributed by atoms with van der Waals surface area (Å²) in [6.07, 6.45) is 0.732. The summed E-state index contributed by atoms with van der Waals surface area (Å²) in [6.45, 7) is 8.77. The standard InChI is InChI=1S/C33H41Cl2N5O4/c1-20(41)39-14-12-25(13-15-39)38-28(17-27(37)42)40-26(18-32(2,3)4)33(19-36,22-8-10-23(34)11-9-22)29(30(40)31(43)44)21-6-5-7-24(35)16-21/h5-11,16,25-26,28-30,38H,12-15,17-18H2,1-4H3,(H2,37,42)(H,43,44)/t26-,28?,29-,30+,33-/m0/s1. The second-order valence-electron chi connectivity index (χ2n) is 13.2. The average molecular weight is 643 g/mol. The second kappa shape index (κ2) is 13.5. The number of nitrogens with one attached hydrogen (secondary N) is 1. The molecule has 2 fully saturated rings. The normalized spacial score (nSPS) is 25.4. The number of carbonyl (C=O) groups excluding carboxylic acids is 2. The number of primary amides is 1. The third-order valence-electron chi connectivity index (χ3n) is 8.91. The molecule has 9 nitrogen and oxygen atoms in total. The van der Waals surface area contributed by atoms with Crippen LogP contribution in [0, 0.1) is 16.7 Å². The molecule has 0 aliphatic carbocycles. The lowest BCUT2D eigenvalue weighted by Gasteiger charge is -2.43. The van der Waals surface area contributed by atoms with E-state index in [2.05, 4.69) is 11.4 Å². The van der Waals surface area contributed by atoms with Crippen LogP contribution in [-0.4, -0.2) is 70.1 Å². The molecule has 2 saturated heterocycles. The van der Waals surface area contributed by atoms with E-state index in [1.165, 1.54) is 6.92 Å². The van der Waals surface area contributed by atoms with Crippen molar-refractivity contribution in [2.75, 3.05) is 13.1 Å². The summed E-state index contributed by atoms with van der Waals surface area (Å²) >= 11 is 12.8. The van der Waals surface area contributed by atoms with Gasteiger partial charge in [-0.05, 0) is 60.1 Å². The Kier molecular flexibility index (Phi) is 10.3. The molecular formula is C33H41Cl2N5O4. The van der Waals surface area contributed by atoms with Crippen molar-refractivity contribution in [3.63, 3.8) is 0 Å². The molecule has 5 atom stereocenters. The highest BCUT2D eigenvalue weighted by Crippen LogP contribution is 2.56. The van der Waals surface area contributed by atoms with Gasteiger partial charge in [0.1, 0.15) is 11.5 Å². The van der Waals surface area contributed by atoms with E-state index in [1.807, 2.05) is 25.7 Å². The summed E-state index contributed by atoms with van der Waals surface area (Å²) in [7, 11) is 0. The lowest BCUT2D eigenvalue weighted by Crippen LogP contribution is -2.60. The minimum atomic E-state index is -1.37. The Hall–Kier alpha value is -3.16. The van der Waals surface area contributed by atoms with E-state index in [4.69, 9.17) is 28.9 Å². The highest BCUT2D eigenvalue weighted by atomic mass is 35.5. The van der Waals surface area contributed by atoms with Crippen LogP contribution in [0.2, 0.25) is 10.0 Å². The molecule has 4 N–H and O–H groups in total. The van der Waals surface area contributed by atoms with Crippen LogP contribution in [0.4, 0.5) is 0 Å². The number of amides is 2. The molecule has 2 aliphatic rings.